The summed E-state index contributed by atoms with van der Waals surface area (Å²) in [6.45, 7) is 0. The molecule has 20 heavy (non-hydrogen) atoms. The Hall–Kier alpha value is -2.02. The topological polar surface area (TPSA) is 52.9 Å². The Labute approximate surface area is 126 Å². The first-order valence-electron chi connectivity index (χ1n) is 5.83. The smallest absolute Gasteiger partial charge is 0.255 e. The lowest BCUT2D eigenvalue weighted by molar-refractivity contribution is 0.102. The van der Waals surface area contributed by atoms with Crippen LogP contribution in [-0.4, -0.2) is 5.91 Å². The molecule has 1 N–H and O–H groups in total. The van der Waals surface area contributed by atoms with Gasteiger partial charge in [0.2, 0.25) is 0 Å². The first-order valence-corrected chi connectivity index (χ1v) is 6.58. The molecule has 0 atom stereocenters. The van der Waals surface area contributed by atoms with E-state index in [1.807, 2.05) is 0 Å². The number of halogens is 2. The lowest BCUT2D eigenvalue weighted by Gasteiger charge is -2.09. The van der Waals surface area contributed by atoms with Crippen molar-refractivity contribution in [3.63, 3.8) is 0 Å². The van der Waals surface area contributed by atoms with E-state index in [0.29, 0.717) is 27.7 Å². The van der Waals surface area contributed by atoms with E-state index in [1.54, 1.807) is 42.5 Å². The Kier molecular flexibility index (Phi) is 4.62. The fourth-order valence-corrected chi connectivity index (χ4v) is 2.16. The number of carbonyl (C=O) groups excluding carboxylic acids is 1. The summed E-state index contributed by atoms with van der Waals surface area (Å²) in [5, 5.41) is 12.0. The fraction of sp³-hybridized carbons (Fsp3) is 0.0667. The number of hydrogen-bond donors (Lipinski definition) is 1. The van der Waals surface area contributed by atoms with Crippen molar-refractivity contribution in [3.8, 4) is 6.07 Å². The van der Waals surface area contributed by atoms with Crippen LogP contribution in [0.2, 0.25) is 10.0 Å². The Morgan fingerprint density at radius 2 is 1.70 bits per heavy atom. The highest BCUT2D eigenvalue weighted by Crippen LogP contribution is 2.30. The van der Waals surface area contributed by atoms with E-state index in [-0.39, 0.29) is 5.91 Å². The lowest BCUT2D eigenvalue weighted by atomic mass is 10.1. The van der Waals surface area contributed by atoms with Crippen molar-refractivity contribution >= 4 is 34.8 Å². The van der Waals surface area contributed by atoms with Gasteiger partial charge in [-0.25, -0.2) is 0 Å². The molecule has 0 bridgehead atoms. The van der Waals surface area contributed by atoms with E-state index in [4.69, 9.17) is 28.5 Å². The van der Waals surface area contributed by atoms with Gasteiger partial charge in [0, 0.05) is 5.56 Å². The summed E-state index contributed by atoms with van der Waals surface area (Å²) in [7, 11) is 0. The number of nitrogens with zero attached hydrogens (tertiary/aromatic N) is 1. The summed E-state index contributed by atoms with van der Waals surface area (Å²) >= 11 is 12.0. The lowest BCUT2D eigenvalue weighted by Crippen LogP contribution is -2.12. The van der Waals surface area contributed by atoms with Crippen molar-refractivity contribution < 1.29 is 4.79 Å². The molecule has 2 rings (SSSR count). The largest absolute Gasteiger partial charge is 0.319 e. The molecule has 0 spiro atoms. The van der Waals surface area contributed by atoms with Crippen LogP contribution in [0.1, 0.15) is 15.9 Å². The van der Waals surface area contributed by atoms with Crippen molar-refractivity contribution in [1.29, 1.82) is 5.26 Å². The highest BCUT2D eigenvalue weighted by Gasteiger charge is 2.11. The van der Waals surface area contributed by atoms with Crippen LogP contribution >= 0.6 is 23.2 Å². The molecule has 100 valence electrons. The van der Waals surface area contributed by atoms with E-state index in [9.17, 15) is 4.79 Å². The summed E-state index contributed by atoms with van der Waals surface area (Å²) in [6, 6.07) is 13.9. The first-order chi connectivity index (χ1) is 9.61. The second kappa shape index (κ2) is 6.42. The van der Waals surface area contributed by atoms with Gasteiger partial charge in [-0.1, -0.05) is 41.4 Å². The number of carbonyl (C=O) groups is 1. The number of nitrogens with one attached hydrogen (secondary N) is 1. The Balaban J connectivity index is 2.18. The molecular weight excluding hydrogens is 295 g/mol. The van der Waals surface area contributed by atoms with E-state index in [1.165, 1.54) is 0 Å². The number of benzene rings is 2. The highest BCUT2D eigenvalue weighted by atomic mass is 35.5. The molecule has 0 aliphatic rings. The molecule has 1 amide bonds. The zero-order chi connectivity index (χ0) is 14.5. The molecule has 2 aromatic rings. The number of hydrogen-bond acceptors (Lipinski definition) is 2. The van der Waals surface area contributed by atoms with Gasteiger partial charge in [-0.15, -0.1) is 0 Å². The van der Waals surface area contributed by atoms with Crippen molar-refractivity contribution in [1.82, 2.24) is 0 Å². The molecule has 0 aromatic heterocycles. The molecule has 5 heteroatoms. The molecule has 0 saturated heterocycles. The minimum absolute atomic E-state index is 0.302. The number of para-hydroxylation sites is 1. The van der Waals surface area contributed by atoms with Crippen LogP contribution in [-0.2, 0) is 6.42 Å². The second-order valence-electron chi connectivity index (χ2n) is 4.08. The van der Waals surface area contributed by atoms with Gasteiger partial charge >= 0.3 is 0 Å². The standard InChI is InChI=1S/C15H10Cl2N2O/c16-12-2-1-3-13(17)14(12)19-15(20)11-6-4-10(5-7-11)8-9-18/h1-7H,8H2,(H,19,20). The normalized spacial score (nSPS) is 9.85. The molecule has 0 fully saturated rings. The third-order valence-electron chi connectivity index (χ3n) is 2.70. The summed E-state index contributed by atoms with van der Waals surface area (Å²) in [5.74, 6) is -0.302. The van der Waals surface area contributed by atoms with Gasteiger partial charge in [-0.3, -0.25) is 4.79 Å². The molecule has 0 heterocycles. The summed E-state index contributed by atoms with van der Waals surface area (Å²) in [4.78, 5) is 12.1. The Morgan fingerprint density at radius 1 is 1.10 bits per heavy atom. The van der Waals surface area contributed by atoms with Gasteiger partial charge in [0.25, 0.3) is 5.91 Å². The summed E-state index contributed by atoms with van der Waals surface area (Å²) < 4.78 is 0. The van der Waals surface area contributed by atoms with Crippen molar-refractivity contribution in [3.05, 3.63) is 63.6 Å². The van der Waals surface area contributed by atoms with E-state index < -0.39 is 0 Å². The zero-order valence-electron chi connectivity index (χ0n) is 10.4. The van der Waals surface area contributed by atoms with Crippen molar-refractivity contribution in [2.45, 2.75) is 6.42 Å². The molecular formula is C15H10Cl2N2O. The molecule has 3 nitrogen and oxygen atoms in total. The van der Waals surface area contributed by atoms with Gasteiger partial charge in [0.05, 0.1) is 28.2 Å². The third-order valence-corrected chi connectivity index (χ3v) is 3.33. The average Bonchev–Trinajstić information content (AvgIpc) is 2.44. The fourth-order valence-electron chi connectivity index (χ4n) is 1.67. The van der Waals surface area contributed by atoms with Crippen LogP contribution in [0.4, 0.5) is 5.69 Å². The van der Waals surface area contributed by atoms with Gasteiger partial charge in [0.15, 0.2) is 0 Å². The van der Waals surface area contributed by atoms with E-state index >= 15 is 0 Å². The minimum Gasteiger partial charge on any atom is -0.319 e. The van der Waals surface area contributed by atoms with Gasteiger partial charge in [0.1, 0.15) is 0 Å². The highest BCUT2D eigenvalue weighted by molar-refractivity contribution is 6.40. The van der Waals surface area contributed by atoms with Crippen molar-refractivity contribution in [2.75, 3.05) is 5.32 Å². The first kappa shape index (κ1) is 14.4. The maximum atomic E-state index is 12.1. The van der Waals surface area contributed by atoms with Crippen LogP contribution in [0, 0.1) is 11.3 Å². The van der Waals surface area contributed by atoms with Crippen molar-refractivity contribution in [2.24, 2.45) is 0 Å². The molecule has 0 aliphatic heterocycles. The van der Waals surface area contributed by atoms with E-state index in [0.717, 1.165) is 5.56 Å². The summed E-state index contributed by atoms with van der Waals surface area (Å²) in [5.41, 5.74) is 1.73. The Bertz CT molecular complexity index is 655. The average molecular weight is 305 g/mol. The predicted molar refractivity (Wildman–Crippen MR) is 80.2 cm³/mol. The number of rotatable bonds is 3. The minimum atomic E-state index is -0.302. The van der Waals surface area contributed by atoms with Gasteiger partial charge < -0.3 is 5.32 Å². The van der Waals surface area contributed by atoms with Gasteiger partial charge in [-0.2, -0.15) is 5.26 Å². The maximum absolute atomic E-state index is 12.1. The molecule has 0 unspecified atom stereocenters. The number of nitriles is 1. The van der Waals surface area contributed by atoms with Crippen LogP contribution in [0.3, 0.4) is 0 Å². The summed E-state index contributed by atoms with van der Waals surface area (Å²) in [6.07, 6.45) is 0.318. The van der Waals surface area contributed by atoms with Gasteiger partial charge in [-0.05, 0) is 29.8 Å². The predicted octanol–water partition coefficient (Wildman–Crippen LogP) is 4.31. The van der Waals surface area contributed by atoms with Crippen LogP contribution in [0.15, 0.2) is 42.5 Å². The third kappa shape index (κ3) is 3.30. The SMILES string of the molecule is N#CCc1ccc(C(=O)Nc2c(Cl)cccc2Cl)cc1. The van der Waals surface area contributed by atoms with Crippen LogP contribution in [0.25, 0.3) is 0 Å². The monoisotopic (exact) mass is 304 g/mol. The molecule has 2 aromatic carbocycles. The van der Waals surface area contributed by atoms with Crippen LogP contribution < -0.4 is 5.32 Å². The number of anilines is 1. The second-order valence-corrected chi connectivity index (χ2v) is 4.90. The van der Waals surface area contributed by atoms with Crippen LogP contribution in [0.5, 0.6) is 0 Å². The molecule has 0 saturated carbocycles. The number of amides is 1. The quantitative estimate of drug-likeness (QED) is 0.918. The maximum Gasteiger partial charge on any atom is 0.255 e. The Morgan fingerprint density at radius 3 is 2.25 bits per heavy atom. The molecule has 0 radical (unpaired) electrons. The van der Waals surface area contributed by atoms with E-state index in [2.05, 4.69) is 11.4 Å². The molecule has 0 aliphatic carbocycles. The zero-order valence-corrected chi connectivity index (χ0v) is 11.9.